The summed E-state index contributed by atoms with van der Waals surface area (Å²) in [6, 6.07) is 3.48. The van der Waals surface area contributed by atoms with Crippen LogP contribution in [0.5, 0.6) is 5.75 Å². The highest BCUT2D eigenvalue weighted by atomic mass is 32.1. The van der Waals surface area contributed by atoms with E-state index in [0.717, 1.165) is 4.70 Å². The SMILES string of the molecule is CC(=O)Nc1ccc2scnc2c1O. The Morgan fingerprint density at radius 3 is 3.07 bits per heavy atom. The van der Waals surface area contributed by atoms with E-state index in [4.69, 9.17) is 0 Å². The number of benzene rings is 1. The van der Waals surface area contributed by atoms with E-state index in [9.17, 15) is 9.90 Å². The summed E-state index contributed by atoms with van der Waals surface area (Å²) in [5.74, 6) is -0.186. The molecule has 2 rings (SSSR count). The Hall–Kier alpha value is -1.62. The van der Waals surface area contributed by atoms with Crippen molar-refractivity contribution in [1.82, 2.24) is 4.98 Å². The molecule has 2 aromatic rings. The summed E-state index contributed by atoms with van der Waals surface area (Å²) in [4.78, 5) is 14.8. The van der Waals surface area contributed by atoms with Crippen LogP contribution in [-0.2, 0) is 4.79 Å². The molecule has 0 aliphatic rings. The molecule has 4 nitrogen and oxygen atoms in total. The number of carbonyl (C=O) groups excluding carboxylic acids is 1. The number of aromatic nitrogens is 1. The van der Waals surface area contributed by atoms with Crippen molar-refractivity contribution < 1.29 is 9.90 Å². The van der Waals surface area contributed by atoms with Crippen molar-refractivity contribution in [2.24, 2.45) is 0 Å². The van der Waals surface area contributed by atoms with Crippen molar-refractivity contribution in [3.8, 4) is 5.75 Å². The third-order valence-corrected chi connectivity index (χ3v) is 2.58. The van der Waals surface area contributed by atoms with E-state index in [2.05, 4.69) is 10.3 Å². The lowest BCUT2D eigenvalue weighted by Crippen LogP contribution is -2.05. The highest BCUT2D eigenvalue weighted by molar-refractivity contribution is 7.16. The van der Waals surface area contributed by atoms with Crippen LogP contribution < -0.4 is 5.32 Å². The normalized spacial score (nSPS) is 10.4. The quantitative estimate of drug-likeness (QED) is 0.704. The van der Waals surface area contributed by atoms with Gasteiger partial charge in [0, 0.05) is 6.92 Å². The Labute approximate surface area is 84.2 Å². The molecule has 1 aromatic heterocycles. The van der Waals surface area contributed by atoms with Gasteiger partial charge in [-0.05, 0) is 12.1 Å². The van der Waals surface area contributed by atoms with E-state index in [0.29, 0.717) is 11.2 Å². The molecular formula is C9H8N2O2S. The number of carbonyl (C=O) groups is 1. The van der Waals surface area contributed by atoms with Crippen LogP contribution in [0.15, 0.2) is 17.6 Å². The van der Waals surface area contributed by atoms with Crippen LogP contribution in [0.3, 0.4) is 0 Å². The number of nitrogens with one attached hydrogen (secondary N) is 1. The fourth-order valence-electron chi connectivity index (χ4n) is 1.21. The first-order valence-electron chi connectivity index (χ1n) is 4.01. The Bertz CT molecular complexity index is 493. The van der Waals surface area contributed by atoms with Gasteiger partial charge in [0.05, 0.1) is 15.9 Å². The predicted octanol–water partition coefficient (Wildman–Crippen LogP) is 1.96. The Kier molecular flexibility index (Phi) is 2.09. The van der Waals surface area contributed by atoms with Gasteiger partial charge in [-0.1, -0.05) is 0 Å². The fraction of sp³-hybridized carbons (Fsp3) is 0.111. The molecule has 0 unspecified atom stereocenters. The summed E-state index contributed by atoms with van der Waals surface area (Å²) in [5, 5.41) is 12.2. The van der Waals surface area contributed by atoms with E-state index in [1.54, 1.807) is 11.6 Å². The molecule has 14 heavy (non-hydrogen) atoms. The summed E-state index contributed by atoms with van der Waals surface area (Å²) in [5.41, 5.74) is 2.58. The van der Waals surface area contributed by atoms with Gasteiger partial charge < -0.3 is 10.4 Å². The minimum absolute atomic E-state index is 0.0268. The molecule has 0 fully saturated rings. The van der Waals surface area contributed by atoms with Crippen LogP contribution in [-0.4, -0.2) is 16.0 Å². The molecule has 0 bridgehead atoms. The van der Waals surface area contributed by atoms with E-state index >= 15 is 0 Å². The number of amides is 1. The van der Waals surface area contributed by atoms with Crippen LogP contribution >= 0.6 is 11.3 Å². The lowest BCUT2D eigenvalue weighted by Gasteiger charge is -2.04. The van der Waals surface area contributed by atoms with Gasteiger partial charge in [0.15, 0.2) is 5.75 Å². The molecule has 0 aliphatic carbocycles. The van der Waals surface area contributed by atoms with Gasteiger partial charge in [0.1, 0.15) is 5.52 Å². The van der Waals surface area contributed by atoms with Crippen molar-refractivity contribution in [2.45, 2.75) is 6.92 Å². The van der Waals surface area contributed by atoms with Gasteiger partial charge in [-0.3, -0.25) is 4.79 Å². The van der Waals surface area contributed by atoms with Crippen LogP contribution in [0, 0.1) is 0 Å². The van der Waals surface area contributed by atoms with Gasteiger partial charge in [0.2, 0.25) is 5.91 Å². The zero-order chi connectivity index (χ0) is 10.1. The van der Waals surface area contributed by atoms with Crippen LogP contribution in [0.2, 0.25) is 0 Å². The van der Waals surface area contributed by atoms with Gasteiger partial charge in [0.25, 0.3) is 0 Å². The van der Waals surface area contributed by atoms with Crippen molar-refractivity contribution in [3.05, 3.63) is 17.6 Å². The monoisotopic (exact) mass is 208 g/mol. The van der Waals surface area contributed by atoms with Gasteiger partial charge in [-0.15, -0.1) is 11.3 Å². The smallest absolute Gasteiger partial charge is 0.221 e. The van der Waals surface area contributed by atoms with Crippen molar-refractivity contribution in [1.29, 1.82) is 0 Å². The first-order chi connectivity index (χ1) is 6.68. The number of anilines is 1. The number of hydrogen-bond acceptors (Lipinski definition) is 4. The number of phenolic OH excluding ortho intramolecular Hbond substituents is 1. The van der Waals surface area contributed by atoms with Crippen LogP contribution in [0.1, 0.15) is 6.92 Å². The molecule has 5 heteroatoms. The summed E-state index contributed by atoms with van der Waals surface area (Å²) >= 11 is 1.45. The van der Waals surface area contributed by atoms with Crippen molar-refractivity contribution in [2.75, 3.05) is 5.32 Å². The number of thiazole rings is 1. The van der Waals surface area contributed by atoms with E-state index < -0.39 is 0 Å². The third-order valence-electron chi connectivity index (χ3n) is 1.79. The first-order valence-corrected chi connectivity index (χ1v) is 4.89. The summed E-state index contributed by atoms with van der Waals surface area (Å²) in [6.45, 7) is 1.39. The van der Waals surface area contributed by atoms with Gasteiger partial charge in [-0.25, -0.2) is 4.98 Å². The number of hydrogen-bond donors (Lipinski definition) is 2. The molecule has 0 saturated carbocycles. The Morgan fingerprint density at radius 1 is 1.57 bits per heavy atom. The largest absolute Gasteiger partial charge is 0.504 e. The minimum atomic E-state index is -0.213. The van der Waals surface area contributed by atoms with E-state index in [-0.39, 0.29) is 11.7 Å². The molecule has 0 aliphatic heterocycles. The van der Waals surface area contributed by atoms with Crippen LogP contribution in [0.25, 0.3) is 10.2 Å². The maximum absolute atomic E-state index is 10.8. The first kappa shape index (κ1) is 8.96. The maximum atomic E-state index is 10.8. The molecule has 72 valence electrons. The number of rotatable bonds is 1. The van der Waals surface area contributed by atoms with E-state index in [1.165, 1.54) is 18.3 Å². The number of phenols is 1. The summed E-state index contributed by atoms with van der Waals surface area (Å²) in [7, 11) is 0. The average molecular weight is 208 g/mol. The molecular weight excluding hydrogens is 200 g/mol. The number of aromatic hydroxyl groups is 1. The zero-order valence-electron chi connectivity index (χ0n) is 7.44. The standard InChI is InChI=1S/C9H8N2O2S/c1-5(12)11-6-2-3-7-8(9(6)13)10-4-14-7/h2-4,13H,1H3,(H,11,12). The molecule has 0 saturated heterocycles. The highest BCUT2D eigenvalue weighted by Gasteiger charge is 2.08. The highest BCUT2D eigenvalue weighted by Crippen LogP contribution is 2.33. The topological polar surface area (TPSA) is 62.2 Å². The zero-order valence-corrected chi connectivity index (χ0v) is 8.26. The maximum Gasteiger partial charge on any atom is 0.221 e. The number of nitrogens with zero attached hydrogens (tertiary/aromatic N) is 1. The third kappa shape index (κ3) is 1.42. The second-order valence-corrected chi connectivity index (χ2v) is 3.73. The average Bonchev–Trinajstić information content (AvgIpc) is 2.57. The number of fused-ring (bicyclic) bond motifs is 1. The Balaban J connectivity index is 2.56. The van der Waals surface area contributed by atoms with E-state index in [1.807, 2.05) is 6.07 Å². The van der Waals surface area contributed by atoms with Crippen molar-refractivity contribution in [3.63, 3.8) is 0 Å². The Morgan fingerprint density at radius 2 is 2.36 bits per heavy atom. The summed E-state index contributed by atoms with van der Waals surface area (Å²) < 4.78 is 0.900. The molecule has 0 atom stereocenters. The fourth-order valence-corrected chi connectivity index (χ4v) is 1.89. The van der Waals surface area contributed by atoms with Gasteiger partial charge in [-0.2, -0.15) is 0 Å². The molecule has 2 N–H and O–H groups in total. The predicted molar refractivity (Wildman–Crippen MR) is 55.6 cm³/mol. The minimum Gasteiger partial charge on any atom is -0.504 e. The molecule has 1 aromatic carbocycles. The lowest BCUT2D eigenvalue weighted by atomic mass is 10.2. The second kappa shape index (κ2) is 3.26. The molecule has 1 amide bonds. The lowest BCUT2D eigenvalue weighted by molar-refractivity contribution is -0.114. The molecule has 0 spiro atoms. The molecule has 0 radical (unpaired) electrons. The van der Waals surface area contributed by atoms with Gasteiger partial charge >= 0.3 is 0 Å². The second-order valence-electron chi connectivity index (χ2n) is 2.84. The summed E-state index contributed by atoms with van der Waals surface area (Å²) in [6.07, 6.45) is 0. The van der Waals surface area contributed by atoms with Crippen molar-refractivity contribution >= 4 is 33.1 Å². The molecule has 1 heterocycles. The van der Waals surface area contributed by atoms with Crippen LogP contribution in [0.4, 0.5) is 5.69 Å².